The molecule has 1 saturated heterocycles. The Bertz CT molecular complexity index is 686. The molecule has 3 unspecified atom stereocenters. The van der Waals surface area contributed by atoms with Gasteiger partial charge in [0.2, 0.25) is 0 Å². The molecule has 0 saturated carbocycles. The van der Waals surface area contributed by atoms with Gasteiger partial charge in [-0.1, -0.05) is 6.07 Å². The van der Waals surface area contributed by atoms with Crippen molar-refractivity contribution in [2.45, 2.75) is 37.8 Å². The number of hydrogen-bond donors (Lipinski definition) is 0. The summed E-state index contributed by atoms with van der Waals surface area (Å²) in [5.74, 6) is 0.812. The van der Waals surface area contributed by atoms with Gasteiger partial charge in [-0.15, -0.1) is 11.6 Å². The van der Waals surface area contributed by atoms with Gasteiger partial charge in [-0.2, -0.15) is 5.26 Å². The Labute approximate surface area is 122 Å². The summed E-state index contributed by atoms with van der Waals surface area (Å²) in [7, 11) is 0. The molecule has 20 heavy (non-hydrogen) atoms. The number of nitrogens with zero attached hydrogens (tertiary/aromatic N) is 3. The van der Waals surface area contributed by atoms with E-state index in [2.05, 4.69) is 22.5 Å². The quantitative estimate of drug-likeness (QED) is 0.794. The molecule has 0 radical (unpaired) electrons. The first-order chi connectivity index (χ1) is 9.63. The van der Waals surface area contributed by atoms with Crippen LogP contribution in [0, 0.1) is 11.3 Å². The van der Waals surface area contributed by atoms with Crippen molar-refractivity contribution in [2.75, 3.05) is 6.61 Å². The summed E-state index contributed by atoms with van der Waals surface area (Å²) in [6.45, 7) is 4.73. The number of nitriles is 1. The fraction of sp³-hybridized carbons (Fsp3) is 0.467. The van der Waals surface area contributed by atoms with Crippen molar-refractivity contribution >= 4 is 22.6 Å². The van der Waals surface area contributed by atoms with E-state index in [1.807, 2.05) is 19.1 Å². The van der Waals surface area contributed by atoms with Gasteiger partial charge in [0.15, 0.2) is 0 Å². The molecular weight excluding hydrogens is 274 g/mol. The molecule has 0 spiro atoms. The van der Waals surface area contributed by atoms with E-state index in [1.54, 1.807) is 6.07 Å². The fourth-order valence-electron chi connectivity index (χ4n) is 2.91. The fourth-order valence-corrected chi connectivity index (χ4v) is 3.07. The molecule has 0 amide bonds. The van der Waals surface area contributed by atoms with Crippen LogP contribution >= 0.6 is 11.6 Å². The molecule has 3 rings (SSSR count). The molecular formula is C15H16ClN3O. The molecule has 2 heterocycles. The third kappa shape index (κ3) is 1.98. The Kier molecular flexibility index (Phi) is 3.41. The van der Waals surface area contributed by atoms with Crippen LogP contribution in [0.15, 0.2) is 18.2 Å². The molecule has 1 aromatic heterocycles. The molecule has 1 aliphatic heterocycles. The second-order valence-electron chi connectivity index (χ2n) is 5.17. The van der Waals surface area contributed by atoms with E-state index in [9.17, 15) is 5.26 Å². The molecule has 3 atom stereocenters. The minimum absolute atomic E-state index is 0.132. The predicted molar refractivity (Wildman–Crippen MR) is 77.8 cm³/mol. The second kappa shape index (κ2) is 5.08. The number of imidazole rings is 1. The highest BCUT2D eigenvalue weighted by Crippen LogP contribution is 2.35. The number of para-hydroxylation sites is 1. The molecule has 1 fully saturated rings. The topological polar surface area (TPSA) is 50.8 Å². The van der Waals surface area contributed by atoms with E-state index < -0.39 is 0 Å². The molecule has 0 aliphatic carbocycles. The smallest absolute Gasteiger partial charge is 0.128 e. The Balaban J connectivity index is 2.28. The van der Waals surface area contributed by atoms with E-state index >= 15 is 0 Å². The lowest BCUT2D eigenvalue weighted by Crippen LogP contribution is -2.19. The van der Waals surface area contributed by atoms with Crippen LogP contribution < -0.4 is 0 Å². The van der Waals surface area contributed by atoms with Crippen molar-refractivity contribution in [3.63, 3.8) is 0 Å². The summed E-state index contributed by atoms with van der Waals surface area (Å²) in [4.78, 5) is 4.61. The lowest BCUT2D eigenvalue weighted by molar-refractivity contribution is 0.108. The second-order valence-corrected chi connectivity index (χ2v) is 5.83. The van der Waals surface area contributed by atoms with Gasteiger partial charge in [0.25, 0.3) is 0 Å². The molecule has 1 aliphatic rings. The van der Waals surface area contributed by atoms with Crippen molar-refractivity contribution in [2.24, 2.45) is 0 Å². The molecule has 1 aromatic carbocycles. The van der Waals surface area contributed by atoms with Crippen LogP contribution in [0.5, 0.6) is 0 Å². The summed E-state index contributed by atoms with van der Waals surface area (Å²) in [6, 6.07) is 8.10. The number of halogens is 1. The van der Waals surface area contributed by atoms with E-state index in [0.29, 0.717) is 5.56 Å². The predicted octanol–water partition coefficient (Wildman–Crippen LogP) is 3.56. The minimum Gasteiger partial charge on any atom is -0.376 e. The average Bonchev–Trinajstić information content (AvgIpc) is 3.01. The lowest BCUT2D eigenvalue weighted by Gasteiger charge is -2.20. The van der Waals surface area contributed by atoms with Gasteiger partial charge in [0.05, 0.1) is 28.6 Å². The largest absolute Gasteiger partial charge is 0.376 e. The first kappa shape index (κ1) is 13.4. The van der Waals surface area contributed by atoms with Gasteiger partial charge >= 0.3 is 0 Å². The van der Waals surface area contributed by atoms with Crippen LogP contribution in [0.4, 0.5) is 0 Å². The molecule has 104 valence electrons. The minimum atomic E-state index is -0.207. The zero-order valence-corrected chi connectivity index (χ0v) is 12.3. The van der Waals surface area contributed by atoms with Crippen LogP contribution in [0.3, 0.4) is 0 Å². The normalized spacial score (nSPS) is 23.9. The first-order valence-corrected chi connectivity index (χ1v) is 7.23. The molecule has 0 N–H and O–H groups in total. The van der Waals surface area contributed by atoms with E-state index in [-0.39, 0.29) is 17.5 Å². The third-order valence-corrected chi connectivity index (χ3v) is 4.09. The van der Waals surface area contributed by atoms with E-state index in [0.717, 1.165) is 29.9 Å². The van der Waals surface area contributed by atoms with Crippen molar-refractivity contribution in [1.29, 1.82) is 5.26 Å². The van der Waals surface area contributed by atoms with E-state index in [4.69, 9.17) is 16.3 Å². The molecule has 0 bridgehead atoms. The van der Waals surface area contributed by atoms with Crippen LogP contribution in [0.2, 0.25) is 0 Å². The van der Waals surface area contributed by atoms with Gasteiger partial charge in [0, 0.05) is 6.61 Å². The number of benzene rings is 1. The van der Waals surface area contributed by atoms with Crippen molar-refractivity contribution in [3.05, 3.63) is 29.6 Å². The zero-order valence-electron chi connectivity index (χ0n) is 11.5. The van der Waals surface area contributed by atoms with Gasteiger partial charge in [-0.25, -0.2) is 4.98 Å². The molecule has 5 heteroatoms. The van der Waals surface area contributed by atoms with Gasteiger partial charge in [0.1, 0.15) is 17.4 Å². The van der Waals surface area contributed by atoms with Crippen molar-refractivity contribution < 1.29 is 4.74 Å². The zero-order chi connectivity index (χ0) is 14.3. The SMILES string of the molecule is CC(Cl)c1nc2c(C#N)cccc2n1C1CCOC1C. The Morgan fingerprint density at radius 3 is 2.95 bits per heavy atom. The standard InChI is InChI=1S/C15H16ClN3O/c1-9(16)15-18-14-11(8-17)4-3-5-13(14)19(15)12-6-7-20-10(12)2/h3-5,9-10,12H,6-7H2,1-2H3. The van der Waals surface area contributed by atoms with Gasteiger partial charge in [-0.05, 0) is 32.4 Å². The summed E-state index contributed by atoms with van der Waals surface area (Å²) in [6.07, 6.45) is 1.08. The molecule has 2 aromatic rings. The highest BCUT2D eigenvalue weighted by molar-refractivity contribution is 6.20. The summed E-state index contributed by atoms with van der Waals surface area (Å²) >= 11 is 6.29. The Morgan fingerprint density at radius 2 is 2.35 bits per heavy atom. The number of fused-ring (bicyclic) bond motifs is 1. The number of rotatable bonds is 2. The first-order valence-electron chi connectivity index (χ1n) is 6.80. The maximum Gasteiger partial charge on any atom is 0.128 e. The third-order valence-electron chi connectivity index (χ3n) is 3.89. The highest BCUT2D eigenvalue weighted by Gasteiger charge is 2.30. The lowest BCUT2D eigenvalue weighted by atomic mass is 10.1. The maximum absolute atomic E-state index is 9.23. The van der Waals surface area contributed by atoms with Crippen LogP contribution in [0.25, 0.3) is 11.0 Å². The summed E-state index contributed by atoms with van der Waals surface area (Å²) < 4.78 is 7.83. The van der Waals surface area contributed by atoms with Crippen LogP contribution in [0.1, 0.15) is 43.1 Å². The monoisotopic (exact) mass is 289 g/mol. The van der Waals surface area contributed by atoms with Crippen molar-refractivity contribution in [1.82, 2.24) is 9.55 Å². The van der Waals surface area contributed by atoms with Crippen molar-refractivity contribution in [3.8, 4) is 6.07 Å². The Hall–Kier alpha value is -1.57. The Morgan fingerprint density at radius 1 is 1.55 bits per heavy atom. The maximum atomic E-state index is 9.23. The van der Waals surface area contributed by atoms with E-state index in [1.165, 1.54) is 0 Å². The number of ether oxygens (including phenoxy) is 1. The number of hydrogen-bond acceptors (Lipinski definition) is 3. The average molecular weight is 290 g/mol. The summed E-state index contributed by atoms with van der Waals surface area (Å²) in [5.41, 5.74) is 2.29. The summed E-state index contributed by atoms with van der Waals surface area (Å²) in [5, 5.41) is 9.03. The molecule has 4 nitrogen and oxygen atoms in total. The van der Waals surface area contributed by atoms with Crippen LogP contribution in [-0.2, 0) is 4.74 Å². The van der Waals surface area contributed by atoms with Gasteiger partial charge in [-0.3, -0.25) is 0 Å². The number of aromatic nitrogens is 2. The highest BCUT2D eigenvalue weighted by atomic mass is 35.5. The van der Waals surface area contributed by atoms with Crippen LogP contribution in [-0.4, -0.2) is 22.3 Å². The number of alkyl halides is 1. The van der Waals surface area contributed by atoms with Gasteiger partial charge < -0.3 is 9.30 Å².